The lowest BCUT2D eigenvalue weighted by Gasteiger charge is -2.36. The van der Waals surface area contributed by atoms with Gasteiger partial charge in [-0.3, -0.25) is 9.69 Å². The van der Waals surface area contributed by atoms with E-state index < -0.39 is 0 Å². The summed E-state index contributed by atoms with van der Waals surface area (Å²) < 4.78 is 0. The predicted molar refractivity (Wildman–Crippen MR) is 81.1 cm³/mol. The molecule has 20 heavy (non-hydrogen) atoms. The highest BCUT2D eigenvalue weighted by Gasteiger charge is 2.26. The number of nitrogens with two attached hydrogens (primary N) is 1. The van der Waals surface area contributed by atoms with Crippen molar-refractivity contribution >= 4 is 5.91 Å². The number of hydrogen-bond acceptors (Lipinski definition) is 3. The highest BCUT2D eigenvalue weighted by atomic mass is 16.2. The third-order valence-electron chi connectivity index (χ3n) is 4.11. The summed E-state index contributed by atoms with van der Waals surface area (Å²) in [6, 6.07) is 10.4. The van der Waals surface area contributed by atoms with Gasteiger partial charge in [-0.25, -0.2) is 0 Å². The molecule has 0 aromatic heterocycles. The van der Waals surface area contributed by atoms with Gasteiger partial charge in [0.25, 0.3) is 0 Å². The Hall–Kier alpha value is -1.39. The quantitative estimate of drug-likeness (QED) is 0.901. The number of hydrogen-bond donors (Lipinski definition) is 1. The smallest absolute Gasteiger partial charge is 0.227 e. The van der Waals surface area contributed by atoms with Crippen molar-refractivity contribution in [2.24, 2.45) is 11.7 Å². The Morgan fingerprint density at radius 2 is 1.75 bits per heavy atom. The summed E-state index contributed by atoms with van der Waals surface area (Å²) in [5.41, 5.74) is 7.14. The lowest BCUT2D eigenvalue weighted by molar-refractivity contribution is -0.137. The highest BCUT2D eigenvalue weighted by molar-refractivity contribution is 5.79. The fraction of sp³-hybridized carbons (Fsp3) is 0.562. The molecule has 2 unspecified atom stereocenters. The summed E-state index contributed by atoms with van der Waals surface area (Å²) in [7, 11) is 0. The Labute approximate surface area is 121 Å². The Balaban J connectivity index is 1.82. The van der Waals surface area contributed by atoms with Gasteiger partial charge in [0.05, 0.1) is 5.92 Å². The van der Waals surface area contributed by atoms with Gasteiger partial charge < -0.3 is 10.6 Å². The minimum Gasteiger partial charge on any atom is -0.340 e. The minimum absolute atomic E-state index is 0.0788. The molecule has 1 fully saturated rings. The monoisotopic (exact) mass is 275 g/mol. The van der Waals surface area contributed by atoms with Gasteiger partial charge >= 0.3 is 0 Å². The van der Waals surface area contributed by atoms with Gasteiger partial charge in [-0.15, -0.1) is 0 Å². The molecule has 110 valence electrons. The zero-order chi connectivity index (χ0) is 14.5. The first-order valence-electron chi connectivity index (χ1n) is 7.38. The molecule has 0 bridgehead atoms. The second-order valence-electron chi connectivity index (χ2n) is 5.73. The van der Waals surface area contributed by atoms with Gasteiger partial charge in [0.15, 0.2) is 0 Å². The molecule has 1 aromatic rings. The van der Waals surface area contributed by atoms with E-state index in [1.54, 1.807) is 0 Å². The molecule has 4 heteroatoms. The molecule has 0 aliphatic carbocycles. The maximum absolute atomic E-state index is 12.2. The molecule has 1 saturated heterocycles. The molecule has 4 nitrogen and oxygen atoms in total. The van der Waals surface area contributed by atoms with E-state index in [-0.39, 0.29) is 17.9 Å². The predicted octanol–water partition coefficient (Wildman–Crippen LogP) is 1.31. The second kappa shape index (κ2) is 6.86. The largest absolute Gasteiger partial charge is 0.340 e. The third-order valence-corrected chi connectivity index (χ3v) is 4.11. The van der Waals surface area contributed by atoms with E-state index in [2.05, 4.69) is 29.2 Å². The molecular weight excluding hydrogens is 250 g/mol. The summed E-state index contributed by atoms with van der Waals surface area (Å²) in [4.78, 5) is 16.6. The van der Waals surface area contributed by atoms with Crippen LogP contribution in [0.15, 0.2) is 30.3 Å². The van der Waals surface area contributed by atoms with E-state index in [0.29, 0.717) is 0 Å². The standard InChI is InChI=1S/C16H25N3O/c1-13(14(2)17)16(20)19-10-8-18(9-11-19)12-15-6-4-3-5-7-15/h3-7,13-14H,8-12,17H2,1-2H3. The summed E-state index contributed by atoms with van der Waals surface area (Å²) >= 11 is 0. The number of amides is 1. The molecule has 0 radical (unpaired) electrons. The second-order valence-corrected chi connectivity index (χ2v) is 5.73. The van der Waals surface area contributed by atoms with E-state index >= 15 is 0 Å². The van der Waals surface area contributed by atoms with Crippen molar-refractivity contribution in [2.75, 3.05) is 26.2 Å². The van der Waals surface area contributed by atoms with Crippen LogP contribution in [0.2, 0.25) is 0 Å². The van der Waals surface area contributed by atoms with E-state index in [0.717, 1.165) is 32.7 Å². The van der Waals surface area contributed by atoms with Crippen LogP contribution >= 0.6 is 0 Å². The lowest BCUT2D eigenvalue weighted by atomic mass is 10.0. The van der Waals surface area contributed by atoms with Gasteiger partial charge in [0.2, 0.25) is 5.91 Å². The average molecular weight is 275 g/mol. The molecule has 1 aliphatic heterocycles. The van der Waals surface area contributed by atoms with Crippen molar-refractivity contribution in [1.29, 1.82) is 0 Å². The summed E-state index contributed by atoms with van der Waals surface area (Å²) in [6.07, 6.45) is 0. The molecular formula is C16H25N3O. The van der Waals surface area contributed by atoms with Gasteiger partial charge in [-0.2, -0.15) is 0 Å². The number of nitrogens with zero attached hydrogens (tertiary/aromatic N) is 2. The van der Waals surface area contributed by atoms with Crippen LogP contribution in [0.25, 0.3) is 0 Å². The molecule has 1 aliphatic rings. The summed E-state index contributed by atoms with van der Waals surface area (Å²) in [5.74, 6) is 0.107. The number of benzene rings is 1. The van der Waals surface area contributed by atoms with Crippen LogP contribution in [-0.4, -0.2) is 47.9 Å². The first-order valence-corrected chi connectivity index (χ1v) is 7.38. The van der Waals surface area contributed by atoms with Crippen molar-refractivity contribution < 1.29 is 4.79 Å². The SMILES string of the molecule is CC(N)C(C)C(=O)N1CCN(Cc2ccccc2)CC1. The van der Waals surface area contributed by atoms with E-state index in [4.69, 9.17) is 5.73 Å². The zero-order valence-corrected chi connectivity index (χ0v) is 12.5. The Morgan fingerprint density at radius 1 is 1.15 bits per heavy atom. The number of piperazine rings is 1. The van der Waals surface area contributed by atoms with Gasteiger partial charge in [-0.05, 0) is 12.5 Å². The molecule has 1 aromatic carbocycles. The third kappa shape index (κ3) is 3.81. The molecule has 0 saturated carbocycles. The number of carbonyl (C=O) groups excluding carboxylic acids is 1. The van der Waals surface area contributed by atoms with Crippen LogP contribution in [0.3, 0.4) is 0 Å². The summed E-state index contributed by atoms with van der Waals surface area (Å²) in [5, 5.41) is 0. The van der Waals surface area contributed by atoms with E-state index in [1.807, 2.05) is 24.8 Å². The van der Waals surface area contributed by atoms with Crippen LogP contribution < -0.4 is 5.73 Å². The normalized spacial score (nSPS) is 19.6. The van der Waals surface area contributed by atoms with Crippen molar-refractivity contribution in [3.63, 3.8) is 0 Å². The Kier molecular flexibility index (Phi) is 5.15. The number of rotatable bonds is 4. The topological polar surface area (TPSA) is 49.6 Å². The highest BCUT2D eigenvalue weighted by Crippen LogP contribution is 2.12. The Bertz CT molecular complexity index is 425. The van der Waals surface area contributed by atoms with Crippen molar-refractivity contribution in [1.82, 2.24) is 9.80 Å². The van der Waals surface area contributed by atoms with E-state index in [9.17, 15) is 4.79 Å². The van der Waals surface area contributed by atoms with Crippen LogP contribution in [0.1, 0.15) is 19.4 Å². The first kappa shape index (κ1) is 15.0. The molecule has 2 atom stereocenters. The average Bonchev–Trinajstić information content (AvgIpc) is 2.47. The summed E-state index contributed by atoms with van der Waals surface area (Å²) in [6.45, 7) is 8.27. The molecule has 0 spiro atoms. The van der Waals surface area contributed by atoms with Crippen LogP contribution in [0, 0.1) is 5.92 Å². The first-order chi connectivity index (χ1) is 9.58. The molecule has 1 amide bonds. The van der Waals surface area contributed by atoms with Gasteiger partial charge in [0.1, 0.15) is 0 Å². The number of carbonyl (C=O) groups is 1. The lowest BCUT2D eigenvalue weighted by Crippen LogP contribution is -2.51. The van der Waals surface area contributed by atoms with Gasteiger partial charge in [-0.1, -0.05) is 37.3 Å². The van der Waals surface area contributed by atoms with E-state index in [1.165, 1.54) is 5.56 Å². The van der Waals surface area contributed by atoms with Crippen LogP contribution in [-0.2, 0) is 11.3 Å². The zero-order valence-electron chi connectivity index (χ0n) is 12.5. The van der Waals surface area contributed by atoms with Crippen molar-refractivity contribution in [3.05, 3.63) is 35.9 Å². The van der Waals surface area contributed by atoms with Crippen molar-refractivity contribution in [2.45, 2.75) is 26.4 Å². The minimum atomic E-state index is -0.0873. The Morgan fingerprint density at radius 3 is 2.30 bits per heavy atom. The fourth-order valence-corrected chi connectivity index (χ4v) is 2.48. The maximum atomic E-state index is 12.2. The van der Waals surface area contributed by atoms with Crippen LogP contribution in [0.4, 0.5) is 0 Å². The molecule has 2 N–H and O–H groups in total. The van der Waals surface area contributed by atoms with Gasteiger partial charge in [0, 0.05) is 38.8 Å². The molecule has 2 rings (SSSR count). The molecule has 1 heterocycles. The van der Waals surface area contributed by atoms with Crippen molar-refractivity contribution in [3.8, 4) is 0 Å². The maximum Gasteiger partial charge on any atom is 0.227 e. The fourth-order valence-electron chi connectivity index (χ4n) is 2.48. The van der Waals surface area contributed by atoms with Crippen LogP contribution in [0.5, 0.6) is 0 Å².